The molecule has 1 atom stereocenters. The van der Waals surface area contributed by atoms with Crippen LogP contribution >= 0.6 is 0 Å². The molecule has 32 heavy (non-hydrogen) atoms. The van der Waals surface area contributed by atoms with Gasteiger partial charge in [0.25, 0.3) is 0 Å². The lowest BCUT2D eigenvalue weighted by molar-refractivity contribution is -0.141. The van der Waals surface area contributed by atoms with Crippen LogP contribution in [0.3, 0.4) is 0 Å². The standard InChI is InChI=1S/C24H23F4N3O/c1-16-14-19(10-11-20(16)25)31(22(23(29)32)18-7-3-2-4-8-18)13-5-6-17-9-12-21(30-15-17)24(26,27)28/h2-4,7-12,14-15,22H,5-6,13H2,1H3,(H2,29,32). The van der Waals surface area contributed by atoms with Crippen LogP contribution in [-0.2, 0) is 17.4 Å². The normalized spacial score (nSPS) is 12.4. The van der Waals surface area contributed by atoms with Gasteiger partial charge in [0.05, 0.1) is 0 Å². The van der Waals surface area contributed by atoms with Crippen LogP contribution in [0.5, 0.6) is 0 Å². The van der Waals surface area contributed by atoms with E-state index in [4.69, 9.17) is 5.73 Å². The highest BCUT2D eigenvalue weighted by Crippen LogP contribution is 2.30. The third-order valence-electron chi connectivity index (χ3n) is 5.15. The number of benzene rings is 2. The molecule has 0 aliphatic carbocycles. The number of nitrogens with two attached hydrogens (primary N) is 1. The first-order valence-corrected chi connectivity index (χ1v) is 10.1. The Morgan fingerprint density at radius 3 is 2.38 bits per heavy atom. The molecule has 0 spiro atoms. The van der Waals surface area contributed by atoms with E-state index >= 15 is 0 Å². The number of aryl methyl sites for hydroxylation is 2. The van der Waals surface area contributed by atoms with E-state index in [0.29, 0.717) is 41.8 Å². The smallest absolute Gasteiger partial charge is 0.368 e. The van der Waals surface area contributed by atoms with Crippen LogP contribution in [-0.4, -0.2) is 17.4 Å². The number of halogens is 4. The molecule has 8 heteroatoms. The summed E-state index contributed by atoms with van der Waals surface area (Å²) in [6.07, 6.45) is -2.32. The predicted octanol–water partition coefficient (Wildman–Crippen LogP) is 5.21. The fourth-order valence-electron chi connectivity index (χ4n) is 3.54. The van der Waals surface area contributed by atoms with Crippen LogP contribution < -0.4 is 10.6 Å². The van der Waals surface area contributed by atoms with Gasteiger partial charge in [-0.1, -0.05) is 36.4 Å². The molecule has 0 radical (unpaired) electrons. The highest BCUT2D eigenvalue weighted by Gasteiger charge is 2.32. The molecule has 0 aliphatic rings. The van der Waals surface area contributed by atoms with Gasteiger partial charge in [-0.15, -0.1) is 0 Å². The molecular formula is C24H23F4N3O. The summed E-state index contributed by atoms with van der Waals surface area (Å²) in [5, 5.41) is 0. The van der Waals surface area contributed by atoms with Gasteiger partial charge < -0.3 is 10.6 Å². The molecule has 0 fully saturated rings. The van der Waals surface area contributed by atoms with Gasteiger partial charge in [-0.05, 0) is 60.7 Å². The van der Waals surface area contributed by atoms with Crippen LogP contribution in [0.2, 0.25) is 0 Å². The number of aromatic nitrogens is 1. The summed E-state index contributed by atoms with van der Waals surface area (Å²) in [6, 6.07) is 15.1. The number of rotatable bonds is 8. The summed E-state index contributed by atoms with van der Waals surface area (Å²) in [4.78, 5) is 17.7. The van der Waals surface area contributed by atoms with Crippen molar-refractivity contribution in [2.24, 2.45) is 5.73 Å². The van der Waals surface area contributed by atoms with Crippen molar-refractivity contribution in [3.8, 4) is 0 Å². The molecule has 1 amide bonds. The number of amides is 1. The van der Waals surface area contributed by atoms with Gasteiger partial charge in [0, 0.05) is 18.4 Å². The van der Waals surface area contributed by atoms with E-state index in [2.05, 4.69) is 4.98 Å². The largest absolute Gasteiger partial charge is 0.433 e. The van der Waals surface area contributed by atoms with E-state index < -0.39 is 23.8 Å². The van der Waals surface area contributed by atoms with Crippen molar-refractivity contribution in [2.75, 3.05) is 11.4 Å². The van der Waals surface area contributed by atoms with Gasteiger partial charge in [0.15, 0.2) is 0 Å². The fourth-order valence-corrected chi connectivity index (χ4v) is 3.54. The Bertz CT molecular complexity index is 1050. The Labute approximate surface area is 183 Å². The van der Waals surface area contributed by atoms with E-state index in [0.717, 1.165) is 6.07 Å². The Balaban J connectivity index is 1.84. The van der Waals surface area contributed by atoms with Crippen molar-refractivity contribution < 1.29 is 22.4 Å². The number of alkyl halides is 3. The molecule has 2 aromatic carbocycles. The first-order valence-electron chi connectivity index (χ1n) is 10.1. The molecule has 2 N–H and O–H groups in total. The second kappa shape index (κ2) is 9.80. The summed E-state index contributed by atoms with van der Waals surface area (Å²) in [5.41, 5.74) is 7.19. The Morgan fingerprint density at radius 2 is 1.81 bits per heavy atom. The lowest BCUT2D eigenvalue weighted by Gasteiger charge is -2.32. The minimum absolute atomic E-state index is 0.361. The van der Waals surface area contributed by atoms with E-state index in [1.807, 2.05) is 6.07 Å². The number of nitrogens with zero attached hydrogens (tertiary/aromatic N) is 2. The summed E-state index contributed by atoms with van der Waals surface area (Å²) < 4.78 is 52.0. The van der Waals surface area contributed by atoms with Crippen molar-refractivity contribution in [3.63, 3.8) is 0 Å². The third kappa shape index (κ3) is 5.63. The Kier molecular flexibility index (Phi) is 7.12. The summed E-state index contributed by atoms with van der Waals surface area (Å²) in [5.74, 6) is -0.922. The van der Waals surface area contributed by atoms with E-state index in [1.54, 1.807) is 48.2 Å². The number of pyridine rings is 1. The highest BCUT2D eigenvalue weighted by molar-refractivity contribution is 5.85. The maximum absolute atomic E-state index is 13.8. The quantitative estimate of drug-likeness (QED) is 0.484. The van der Waals surface area contributed by atoms with Crippen molar-refractivity contribution in [1.82, 2.24) is 4.98 Å². The minimum Gasteiger partial charge on any atom is -0.368 e. The van der Waals surface area contributed by atoms with Crippen LogP contribution in [0.25, 0.3) is 0 Å². The summed E-state index contributed by atoms with van der Waals surface area (Å²) in [6.45, 7) is 2.00. The topological polar surface area (TPSA) is 59.2 Å². The fraction of sp³-hybridized carbons (Fsp3) is 0.250. The SMILES string of the molecule is Cc1cc(N(CCCc2ccc(C(F)(F)F)nc2)C(C(N)=O)c2ccccc2)ccc1F. The molecule has 1 aromatic heterocycles. The first kappa shape index (κ1) is 23.2. The zero-order chi connectivity index (χ0) is 23.3. The lowest BCUT2D eigenvalue weighted by atomic mass is 10.0. The van der Waals surface area contributed by atoms with Crippen molar-refractivity contribution in [3.05, 3.63) is 95.1 Å². The van der Waals surface area contributed by atoms with Crippen LogP contribution in [0.15, 0.2) is 66.9 Å². The van der Waals surface area contributed by atoms with Gasteiger partial charge in [0.1, 0.15) is 17.6 Å². The molecule has 3 rings (SSSR count). The number of primary amides is 1. The van der Waals surface area contributed by atoms with Gasteiger partial charge >= 0.3 is 6.18 Å². The summed E-state index contributed by atoms with van der Waals surface area (Å²) in [7, 11) is 0. The van der Waals surface area contributed by atoms with Crippen LogP contribution in [0.1, 0.15) is 34.8 Å². The van der Waals surface area contributed by atoms with E-state index in [1.165, 1.54) is 18.3 Å². The van der Waals surface area contributed by atoms with E-state index in [-0.39, 0.29) is 5.82 Å². The van der Waals surface area contributed by atoms with Crippen LogP contribution in [0.4, 0.5) is 23.2 Å². The zero-order valence-electron chi connectivity index (χ0n) is 17.4. The minimum atomic E-state index is -4.49. The molecule has 0 saturated carbocycles. The molecule has 4 nitrogen and oxygen atoms in total. The summed E-state index contributed by atoms with van der Waals surface area (Å²) >= 11 is 0. The lowest BCUT2D eigenvalue weighted by Crippen LogP contribution is -2.39. The van der Waals surface area contributed by atoms with Crippen molar-refractivity contribution >= 4 is 11.6 Å². The Hall–Kier alpha value is -3.42. The number of hydrogen-bond donors (Lipinski definition) is 1. The first-order chi connectivity index (χ1) is 15.2. The monoisotopic (exact) mass is 445 g/mol. The molecule has 3 aromatic rings. The second-order valence-corrected chi connectivity index (χ2v) is 7.50. The number of hydrogen-bond acceptors (Lipinski definition) is 3. The molecule has 0 saturated heterocycles. The third-order valence-corrected chi connectivity index (χ3v) is 5.15. The van der Waals surface area contributed by atoms with Gasteiger partial charge in [0.2, 0.25) is 5.91 Å². The molecule has 0 aliphatic heterocycles. The van der Waals surface area contributed by atoms with Crippen molar-refractivity contribution in [1.29, 1.82) is 0 Å². The average Bonchev–Trinajstić information content (AvgIpc) is 2.75. The van der Waals surface area contributed by atoms with Crippen LogP contribution in [0, 0.1) is 12.7 Å². The van der Waals surface area contributed by atoms with Gasteiger partial charge in [-0.25, -0.2) is 4.39 Å². The molecule has 0 bridgehead atoms. The van der Waals surface area contributed by atoms with Crippen molar-refractivity contribution in [2.45, 2.75) is 32.0 Å². The molecule has 168 valence electrons. The molecule has 1 unspecified atom stereocenters. The van der Waals surface area contributed by atoms with Gasteiger partial charge in [-0.2, -0.15) is 13.2 Å². The second-order valence-electron chi connectivity index (χ2n) is 7.50. The molecule has 1 heterocycles. The highest BCUT2D eigenvalue weighted by atomic mass is 19.4. The maximum Gasteiger partial charge on any atom is 0.433 e. The maximum atomic E-state index is 13.8. The van der Waals surface area contributed by atoms with E-state index in [9.17, 15) is 22.4 Å². The molecular weight excluding hydrogens is 422 g/mol. The Morgan fingerprint density at radius 1 is 1.09 bits per heavy atom. The average molecular weight is 445 g/mol. The van der Waals surface area contributed by atoms with Gasteiger partial charge in [-0.3, -0.25) is 9.78 Å². The predicted molar refractivity (Wildman–Crippen MR) is 114 cm³/mol. The number of carbonyl (C=O) groups excluding carboxylic acids is 1. The number of anilines is 1. The zero-order valence-corrected chi connectivity index (χ0v) is 17.4. The number of carbonyl (C=O) groups is 1.